The monoisotopic (exact) mass is 277 g/mol. The Morgan fingerprint density at radius 1 is 1.40 bits per heavy atom. The third-order valence-corrected chi connectivity index (χ3v) is 3.15. The normalized spacial score (nSPS) is 15.4. The number of nitrogens with zero attached hydrogens (tertiary/aromatic N) is 4. The molecule has 0 radical (unpaired) electrons. The largest absolute Gasteiger partial charge is 0.369 e. The summed E-state index contributed by atoms with van der Waals surface area (Å²) in [4.78, 5) is 35.3. The zero-order valence-corrected chi connectivity index (χ0v) is 11.8. The number of nitrogens with one attached hydrogen (secondary N) is 1. The molecule has 0 atom stereocenters. The summed E-state index contributed by atoms with van der Waals surface area (Å²) in [5.41, 5.74) is 0.267. The summed E-state index contributed by atoms with van der Waals surface area (Å²) in [6, 6.07) is 0. The van der Waals surface area contributed by atoms with E-state index in [9.17, 15) is 9.59 Å². The van der Waals surface area contributed by atoms with E-state index >= 15 is 0 Å². The first-order chi connectivity index (χ1) is 9.61. The molecule has 0 bridgehead atoms. The van der Waals surface area contributed by atoms with E-state index in [4.69, 9.17) is 0 Å². The van der Waals surface area contributed by atoms with Gasteiger partial charge in [0.15, 0.2) is 0 Å². The van der Waals surface area contributed by atoms with Crippen molar-refractivity contribution in [1.82, 2.24) is 19.8 Å². The molecule has 7 heteroatoms. The number of hydrogen-bond acceptors (Lipinski definition) is 5. The smallest absolute Gasteiger partial charge is 0.274 e. The molecule has 0 unspecified atom stereocenters. The molecule has 7 nitrogen and oxygen atoms in total. The van der Waals surface area contributed by atoms with E-state index in [2.05, 4.69) is 15.3 Å². The van der Waals surface area contributed by atoms with Crippen molar-refractivity contribution in [3.8, 4) is 0 Å². The van der Waals surface area contributed by atoms with Crippen LogP contribution in [-0.2, 0) is 4.79 Å². The maximum Gasteiger partial charge on any atom is 0.274 e. The van der Waals surface area contributed by atoms with E-state index in [-0.39, 0.29) is 24.1 Å². The molecule has 0 aromatic carbocycles. The first kappa shape index (κ1) is 14.2. The van der Waals surface area contributed by atoms with Gasteiger partial charge in [0, 0.05) is 26.7 Å². The highest BCUT2D eigenvalue weighted by atomic mass is 16.2. The summed E-state index contributed by atoms with van der Waals surface area (Å²) in [5.74, 6) is 0.273. The molecular formula is C13H19N5O2. The Kier molecular flexibility index (Phi) is 4.49. The highest BCUT2D eigenvalue weighted by molar-refractivity contribution is 5.95. The Labute approximate surface area is 118 Å². The molecular weight excluding hydrogens is 258 g/mol. The lowest BCUT2D eigenvalue weighted by Gasteiger charge is -2.31. The molecule has 2 rings (SSSR count). The molecule has 1 aliphatic rings. The van der Waals surface area contributed by atoms with Gasteiger partial charge in [-0.15, -0.1) is 0 Å². The highest BCUT2D eigenvalue weighted by Crippen LogP contribution is 2.08. The molecule has 1 aliphatic heterocycles. The quantitative estimate of drug-likeness (QED) is 0.851. The molecule has 0 aliphatic carbocycles. The van der Waals surface area contributed by atoms with Gasteiger partial charge in [-0.1, -0.05) is 6.92 Å². The lowest BCUT2D eigenvalue weighted by molar-refractivity contribution is -0.133. The topological polar surface area (TPSA) is 78.4 Å². The number of amides is 2. The molecule has 2 amide bonds. The Hall–Kier alpha value is -2.18. The summed E-state index contributed by atoms with van der Waals surface area (Å²) >= 11 is 0. The minimum atomic E-state index is -0.251. The number of likely N-dealkylation sites (N-methyl/N-ethyl adjacent to an activating group) is 1. The van der Waals surface area contributed by atoms with Crippen LogP contribution in [0.25, 0.3) is 0 Å². The molecule has 1 aromatic heterocycles. The number of piperazine rings is 1. The van der Waals surface area contributed by atoms with Crippen molar-refractivity contribution in [2.75, 3.05) is 38.5 Å². The maximum atomic E-state index is 12.3. The SMILES string of the molecule is CCCNc1cncc(C(=O)N2CCN(C)C(=O)C2)n1. The summed E-state index contributed by atoms with van der Waals surface area (Å²) < 4.78 is 0. The number of hydrogen-bond donors (Lipinski definition) is 1. The van der Waals surface area contributed by atoms with E-state index in [0.717, 1.165) is 13.0 Å². The van der Waals surface area contributed by atoms with E-state index in [0.29, 0.717) is 18.9 Å². The minimum absolute atomic E-state index is 0.0576. The van der Waals surface area contributed by atoms with Gasteiger partial charge < -0.3 is 15.1 Å². The van der Waals surface area contributed by atoms with Gasteiger partial charge in [-0.3, -0.25) is 14.6 Å². The lowest BCUT2D eigenvalue weighted by Crippen LogP contribution is -2.50. The van der Waals surface area contributed by atoms with Crippen LogP contribution in [0.2, 0.25) is 0 Å². The van der Waals surface area contributed by atoms with Crippen molar-refractivity contribution in [2.24, 2.45) is 0 Å². The maximum absolute atomic E-state index is 12.3. The third kappa shape index (κ3) is 3.23. The van der Waals surface area contributed by atoms with Crippen LogP contribution in [-0.4, -0.2) is 64.8 Å². The molecule has 1 fully saturated rings. The number of anilines is 1. The zero-order valence-electron chi connectivity index (χ0n) is 11.8. The van der Waals surface area contributed by atoms with Crippen molar-refractivity contribution >= 4 is 17.6 Å². The molecule has 2 heterocycles. The van der Waals surface area contributed by atoms with Crippen LogP contribution in [0.4, 0.5) is 5.82 Å². The first-order valence-corrected chi connectivity index (χ1v) is 6.71. The van der Waals surface area contributed by atoms with Gasteiger partial charge in [-0.05, 0) is 6.42 Å². The molecule has 108 valence electrons. The molecule has 20 heavy (non-hydrogen) atoms. The zero-order chi connectivity index (χ0) is 14.5. The van der Waals surface area contributed by atoms with Crippen LogP contribution in [0.5, 0.6) is 0 Å². The summed E-state index contributed by atoms with van der Waals surface area (Å²) in [7, 11) is 1.74. The van der Waals surface area contributed by atoms with Gasteiger partial charge in [-0.2, -0.15) is 0 Å². The van der Waals surface area contributed by atoms with Crippen molar-refractivity contribution in [3.05, 3.63) is 18.1 Å². The fraction of sp³-hybridized carbons (Fsp3) is 0.538. The molecule has 0 saturated carbocycles. The van der Waals surface area contributed by atoms with Gasteiger partial charge in [0.1, 0.15) is 18.1 Å². The van der Waals surface area contributed by atoms with E-state index in [1.165, 1.54) is 11.1 Å². The standard InChI is InChI=1S/C13H19N5O2/c1-3-4-15-11-8-14-7-10(16-11)13(20)18-6-5-17(2)12(19)9-18/h7-8H,3-6,9H2,1-2H3,(H,15,16). The average molecular weight is 277 g/mol. The number of rotatable bonds is 4. The second kappa shape index (κ2) is 6.31. The number of aromatic nitrogens is 2. The highest BCUT2D eigenvalue weighted by Gasteiger charge is 2.26. The van der Waals surface area contributed by atoms with Gasteiger partial charge in [0.25, 0.3) is 5.91 Å². The lowest BCUT2D eigenvalue weighted by atomic mass is 10.3. The van der Waals surface area contributed by atoms with E-state index < -0.39 is 0 Å². The predicted octanol–water partition coefficient (Wildman–Crippen LogP) is 0.213. The second-order valence-corrected chi connectivity index (χ2v) is 4.76. The van der Waals surface area contributed by atoms with Gasteiger partial charge in [0.05, 0.1) is 12.4 Å². The van der Waals surface area contributed by atoms with Crippen molar-refractivity contribution in [3.63, 3.8) is 0 Å². The fourth-order valence-electron chi connectivity index (χ4n) is 1.90. The van der Waals surface area contributed by atoms with Gasteiger partial charge in [0.2, 0.25) is 5.91 Å². The summed E-state index contributed by atoms with van der Waals surface area (Å²) in [6.07, 6.45) is 3.98. The molecule has 1 aromatic rings. The second-order valence-electron chi connectivity index (χ2n) is 4.76. The summed E-state index contributed by atoms with van der Waals surface area (Å²) in [5, 5.41) is 3.09. The van der Waals surface area contributed by atoms with Crippen LogP contribution >= 0.6 is 0 Å². The van der Waals surface area contributed by atoms with Crippen molar-refractivity contribution in [1.29, 1.82) is 0 Å². The molecule has 1 saturated heterocycles. The predicted molar refractivity (Wildman–Crippen MR) is 74.4 cm³/mol. The van der Waals surface area contributed by atoms with Crippen LogP contribution < -0.4 is 5.32 Å². The average Bonchev–Trinajstić information content (AvgIpc) is 2.47. The van der Waals surface area contributed by atoms with Crippen molar-refractivity contribution < 1.29 is 9.59 Å². The van der Waals surface area contributed by atoms with Crippen LogP contribution in [0.3, 0.4) is 0 Å². The van der Waals surface area contributed by atoms with Crippen LogP contribution in [0, 0.1) is 0 Å². The minimum Gasteiger partial charge on any atom is -0.369 e. The van der Waals surface area contributed by atoms with Crippen LogP contribution in [0.15, 0.2) is 12.4 Å². The van der Waals surface area contributed by atoms with Crippen molar-refractivity contribution in [2.45, 2.75) is 13.3 Å². The van der Waals surface area contributed by atoms with Gasteiger partial charge in [-0.25, -0.2) is 4.98 Å². The third-order valence-electron chi connectivity index (χ3n) is 3.15. The summed E-state index contributed by atoms with van der Waals surface area (Å²) in [6.45, 7) is 4.00. The number of carbonyl (C=O) groups excluding carboxylic acids is 2. The Morgan fingerprint density at radius 3 is 2.90 bits per heavy atom. The van der Waals surface area contributed by atoms with E-state index in [1.807, 2.05) is 6.92 Å². The first-order valence-electron chi connectivity index (χ1n) is 6.71. The fourth-order valence-corrected chi connectivity index (χ4v) is 1.90. The van der Waals surface area contributed by atoms with Gasteiger partial charge >= 0.3 is 0 Å². The van der Waals surface area contributed by atoms with E-state index in [1.54, 1.807) is 18.1 Å². The molecule has 1 N–H and O–H groups in total. The number of carbonyl (C=O) groups is 2. The molecule has 0 spiro atoms. The van der Waals surface area contributed by atoms with Crippen LogP contribution in [0.1, 0.15) is 23.8 Å². The Bertz CT molecular complexity index is 505. The Morgan fingerprint density at radius 2 is 2.20 bits per heavy atom. The Balaban J connectivity index is 2.07.